The summed E-state index contributed by atoms with van der Waals surface area (Å²) in [6.07, 6.45) is 8.53. The van der Waals surface area contributed by atoms with Crippen molar-refractivity contribution in [3.63, 3.8) is 0 Å². The summed E-state index contributed by atoms with van der Waals surface area (Å²) in [5, 5.41) is 0. The zero-order chi connectivity index (χ0) is 10.2. The first-order valence-electron chi connectivity index (χ1n) is 4.23. The molecule has 0 aromatic heterocycles. The van der Waals surface area contributed by atoms with Crippen molar-refractivity contribution in [3.05, 3.63) is 36.1 Å². The van der Waals surface area contributed by atoms with E-state index in [4.69, 9.17) is 15.9 Å². The number of benzene rings is 1. The maximum Gasteiger partial charge on any atom is 0.148 e. The molecule has 1 aromatic rings. The fourth-order valence-corrected chi connectivity index (χ4v) is 1.01. The molecule has 0 spiro atoms. The van der Waals surface area contributed by atoms with Gasteiger partial charge in [-0.1, -0.05) is 24.1 Å². The summed E-state index contributed by atoms with van der Waals surface area (Å²) < 4.78 is 10.2. The normalized spacial score (nSPS) is 9.71. The van der Waals surface area contributed by atoms with Crippen LogP contribution in [0, 0.1) is 12.3 Å². The van der Waals surface area contributed by atoms with Crippen LogP contribution in [-0.2, 0) is 4.74 Å². The van der Waals surface area contributed by atoms with Crippen LogP contribution in [-0.4, -0.2) is 13.7 Å². The third-order valence-electron chi connectivity index (χ3n) is 1.61. The Kier molecular flexibility index (Phi) is 4.16. The molecule has 0 fully saturated rings. The van der Waals surface area contributed by atoms with Crippen LogP contribution in [0.5, 0.6) is 5.75 Å². The quantitative estimate of drug-likeness (QED) is 0.533. The minimum Gasteiger partial charge on any atom is -0.504 e. The lowest BCUT2D eigenvalue weighted by molar-refractivity contribution is 0.340. The first-order chi connectivity index (χ1) is 6.88. The van der Waals surface area contributed by atoms with Crippen molar-refractivity contribution in [2.45, 2.75) is 0 Å². The highest BCUT2D eigenvalue weighted by Crippen LogP contribution is 2.19. The van der Waals surface area contributed by atoms with E-state index in [1.807, 2.05) is 30.3 Å². The highest BCUT2D eigenvalue weighted by molar-refractivity contribution is 5.56. The van der Waals surface area contributed by atoms with E-state index in [-0.39, 0.29) is 6.61 Å². The molecule has 1 aromatic carbocycles. The summed E-state index contributed by atoms with van der Waals surface area (Å²) in [7, 11) is 1.60. The van der Waals surface area contributed by atoms with Gasteiger partial charge in [-0.05, 0) is 12.1 Å². The molecular weight excluding hydrogens is 176 g/mol. The Morgan fingerprint density at radius 3 is 2.93 bits per heavy atom. The third kappa shape index (κ3) is 2.87. The average Bonchev–Trinajstić information content (AvgIpc) is 2.24. The van der Waals surface area contributed by atoms with Crippen molar-refractivity contribution < 1.29 is 9.47 Å². The molecule has 72 valence electrons. The van der Waals surface area contributed by atoms with Gasteiger partial charge < -0.3 is 9.47 Å². The monoisotopic (exact) mass is 188 g/mol. The maximum atomic E-state index is 5.34. The van der Waals surface area contributed by atoms with Crippen LogP contribution >= 0.6 is 0 Å². The van der Waals surface area contributed by atoms with Gasteiger partial charge in [0.05, 0.1) is 13.4 Å². The Morgan fingerprint density at radius 1 is 1.43 bits per heavy atom. The molecule has 2 nitrogen and oxygen atoms in total. The topological polar surface area (TPSA) is 18.5 Å². The van der Waals surface area contributed by atoms with Crippen LogP contribution in [0.1, 0.15) is 5.56 Å². The van der Waals surface area contributed by atoms with Gasteiger partial charge in [-0.25, -0.2) is 0 Å². The average molecular weight is 188 g/mol. The lowest BCUT2D eigenvalue weighted by Crippen LogP contribution is -1.94. The number of rotatable bonds is 4. The van der Waals surface area contributed by atoms with Crippen molar-refractivity contribution in [2.75, 3.05) is 13.7 Å². The van der Waals surface area contributed by atoms with E-state index in [0.717, 1.165) is 11.3 Å². The van der Waals surface area contributed by atoms with Crippen LogP contribution in [0.25, 0.3) is 6.08 Å². The molecule has 1 rings (SSSR count). The lowest BCUT2D eigenvalue weighted by atomic mass is 10.2. The van der Waals surface area contributed by atoms with Gasteiger partial charge in [-0.15, -0.1) is 6.42 Å². The van der Waals surface area contributed by atoms with Crippen molar-refractivity contribution >= 4 is 6.08 Å². The van der Waals surface area contributed by atoms with Gasteiger partial charge in [0.25, 0.3) is 0 Å². The lowest BCUT2D eigenvalue weighted by Gasteiger charge is -2.05. The van der Waals surface area contributed by atoms with Crippen molar-refractivity contribution in [3.8, 4) is 18.1 Å². The molecule has 0 aliphatic rings. The first kappa shape index (κ1) is 10.2. The predicted molar refractivity (Wildman–Crippen MR) is 56.8 cm³/mol. The van der Waals surface area contributed by atoms with Crippen LogP contribution in [0.4, 0.5) is 0 Å². The highest BCUT2D eigenvalue weighted by atomic mass is 16.5. The van der Waals surface area contributed by atoms with Gasteiger partial charge in [0.1, 0.15) is 12.4 Å². The Labute approximate surface area is 84.2 Å². The van der Waals surface area contributed by atoms with Gasteiger partial charge >= 0.3 is 0 Å². The Hall–Kier alpha value is -1.88. The fraction of sp³-hybridized carbons (Fsp3) is 0.167. The number of methoxy groups -OCH3 is 1. The number of hydrogen-bond acceptors (Lipinski definition) is 2. The van der Waals surface area contributed by atoms with Crippen LogP contribution in [0.3, 0.4) is 0 Å². The second-order valence-electron chi connectivity index (χ2n) is 2.57. The molecule has 0 atom stereocenters. The number of para-hydroxylation sites is 1. The summed E-state index contributed by atoms with van der Waals surface area (Å²) in [6.45, 7) is 0.276. The molecule has 0 bridgehead atoms. The van der Waals surface area contributed by atoms with E-state index in [1.54, 1.807) is 13.4 Å². The maximum absolute atomic E-state index is 5.34. The standard InChI is InChI=1S/C12H12O2/c1-3-9-14-12-7-5-4-6-11(12)8-10-13-2/h1,4-8,10H,9H2,2H3/b10-8-. The van der Waals surface area contributed by atoms with Crippen LogP contribution in [0.2, 0.25) is 0 Å². The molecule has 0 saturated heterocycles. The van der Waals surface area contributed by atoms with E-state index < -0.39 is 0 Å². The van der Waals surface area contributed by atoms with E-state index in [1.165, 1.54) is 0 Å². The molecule has 0 aliphatic carbocycles. The molecule has 2 heteroatoms. The van der Waals surface area contributed by atoms with Crippen molar-refractivity contribution in [1.82, 2.24) is 0 Å². The minimum atomic E-state index is 0.276. The van der Waals surface area contributed by atoms with E-state index in [9.17, 15) is 0 Å². The predicted octanol–water partition coefficient (Wildman–Crippen LogP) is 2.32. The third-order valence-corrected chi connectivity index (χ3v) is 1.61. The molecule has 0 N–H and O–H groups in total. The molecule has 0 unspecified atom stereocenters. The summed E-state index contributed by atoms with van der Waals surface area (Å²) in [6, 6.07) is 7.63. The van der Waals surface area contributed by atoms with Gasteiger partial charge in [0.15, 0.2) is 0 Å². The fourth-order valence-electron chi connectivity index (χ4n) is 1.01. The number of ether oxygens (including phenoxy) is 2. The van der Waals surface area contributed by atoms with Gasteiger partial charge in [0, 0.05) is 5.56 Å². The summed E-state index contributed by atoms with van der Waals surface area (Å²) in [5.74, 6) is 3.18. The Balaban J connectivity index is 2.81. The molecule has 0 heterocycles. The van der Waals surface area contributed by atoms with E-state index >= 15 is 0 Å². The summed E-state index contributed by atoms with van der Waals surface area (Å²) >= 11 is 0. The zero-order valence-electron chi connectivity index (χ0n) is 8.07. The SMILES string of the molecule is C#CCOc1ccccc1/C=C\OC. The molecule has 0 radical (unpaired) electrons. The van der Waals surface area contributed by atoms with Crippen LogP contribution in [0.15, 0.2) is 30.5 Å². The largest absolute Gasteiger partial charge is 0.504 e. The number of hydrogen-bond donors (Lipinski definition) is 0. The second kappa shape index (κ2) is 5.71. The van der Waals surface area contributed by atoms with E-state index in [0.29, 0.717) is 0 Å². The zero-order valence-corrected chi connectivity index (χ0v) is 8.07. The highest BCUT2D eigenvalue weighted by Gasteiger charge is 1.97. The summed E-state index contributed by atoms with van der Waals surface area (Å²) in [5.41, 5.74) is 0.949. The molecule has 14 heavy (non-hydrogen) atoms. The Bertz CT molecular complexity index is 348. The van der Waals surface area contributed by atoms with Gasteiger partial charge in [0.2, 0.25) is 0 Å². The van der Waals surface area contributed by atoms with Crippen molar-refractivity contribution in [2.24, 2.45) is 0 Å². The summed E-state index contributed by atoms with van der Waals surface area (Å²) in [4.78, 5) is 0. The molecule has 0 saturated carbocycles. The second-order valence-corrected chi connectivity index (χ2v) is 2.57. The van der Waals surface area contributed by atoms with Gasteiger partial charge in [-0.2, -0.15) is 0 Å². The Morgan fingerprint density at radius 2 is 2.21 bits per heavy atom. The molecule has 0 amide bonds. The van der Waals surface area contributed by atoms with Crippen molar-refractivity contribution in [1.29, 1.82) is 0 Å². The van der Waals surface area contributed by atoms with E-state index in [2.05, 4.69) is 5.92 Å². The smallest absolute Gasteiger partial charge is 0.148 e. The van der Waals surface area contributed by atoms with Crippen LogP contribution < -0.4 is 4.74 Å². The minimum absolute atomic E-state index is 0.276. The molecular formula is C12H12O2. The van der Waals surface area contributed by atoms with Gasteiger partial charge in [-0.3, -0.25) is 0 Å². The number of terminal acetylenes is 1. The first-order valence-corrected chi connectivity index (χ1v) is 4.23. The molecule has 0 aliphatic heterocycles.